The van der Waals surface area contributed by atoms with Crippen molar-refractivity contribution in [3.8, 4) is 0 Å². The molecular weight excluding hydrogens is 310 g/mol. The van der Waals surface area contributed by atoms with E-state index in [1.807, 2.05) is 16.8 Å². The Kier molecular flexibility index (Phi) is 4.40. The molecule has 1 aliphatic rings. The van der Waals surface area contributed by atoms with Gasteiger partial charge in [-0.05, 0) is 38.4 Å². The van der Waals surface area contributed by atoms with Crippen LogP contribution in [0.3, 0.4) is 0 Å². The largest absolute Gasteiger partial charge is 0.341 e. The van der Waals surface area contributed by atoms with Crippen LogP contribution in [0.4, 0.5) is 0 Å². The Balaban J connectivity index is 1.59. The summed E-state index contributed by atoms with van der Waals surface area (Å²) in [5.74, 6) is 1.09. The van der Waals surface area contributed by atoms with Gasteiger partial charge in [0.25, 0.3) is 0 Å². The van der Waals surface area contributed by atoms with Crippen LogP contribution in [0, 0.1) is 6.92 Å². The molecule has 4 rings (SSSR count). The van der Waals surface area contributed by atoms with E-state index in [1.165, 1.54) is 18.4 Å². The number of aromatic nitrogens is 4. The lowest BCUT2D eigenvalue weighted by molar-refractivity contribution is 0.134. The monoisotopic (exact) mass is 335 g/mol. The summed E-state index contributed by atoms with van der Waals surface area (Å²) >= 11 is 0. The van der Waals surface area contributed by atoms with Crippen molar-refractivity contribution in [1.82, 2.24) is 24.6 Å². The van der Waals surface area contributed by atoms with Gasteiger partial charge in [-0.2, -0.15) is 5.10 Å². The fourth-order valence-electron chi connectivity index (χ4n) is 3.78. The standard InChI is InChI=1S/C20H25N5/c1-3-11-25-14-16(15(2)23-25)13-24-12-7-6-10-19(24)20-21-17-8-4-5-9-18(17)22-20/h3-5,8-9,14,19H,1,6-7,10-13H2,2H3,(H,21,22)/t19-/m0/s1. The highest BCUT2D eigenvalue weighted by Crippen LogP contribution is 2.32. The third-order valence-corrected chi connectivity index (χ3v) is 5.07. The molecule has 1 aromatic carbocycles. The highest BCUT2D eigenvalue weighted by molar-refractivity contribution is 5.74. The molecule has 1 aliphatic heterocycles. The van der Waals surface area contributed by atoms with Crippen LogP contribution in [-0.4, -0.2) is 31.2 Å². The normalized spacial score (nSPS) is 18.7. The third kappa shape index (κ3) is 3.24. The van der Waals surface area contributed by atoms with E-state index in [0.29, 0.717) is 6.04 Å². The maximum atomic E-state index is 4.85. The zero-order valence-corrected chi connectivity index (χ0v) is 14.8. The smallest absolute Gasteiger partial charge is 0.124 e. The van der Waals surface area contributed by atoms with Gasteiger partial charge >= 0.3 is 0 Å². The van der Waals surface area contributed by atoms with Crippen molar-refractivity contribution in [2.75, 3.05) is 6.54 Å². The SMILES string of the molecule is C=CCn1cc(CN2CCCC[C@H]2c2nc3ccccc3[nH]2)c(C)n1. The number of allylic oxidation sites excluding steroid dienone is 1. The molecule has 130 valence electrons. The summed E-state index contributed by atoms with van der Waals surface area (Å²) < 4.78 is 1.97. The van der Waals surface area contributed by atoms with Crippen LogP contribution in [0.2, 0.25) is 0 Å². The van der Waals surface area contributed by atoms with Crippen molar-refractivity contribution in [3.05, 3.63) is 60.2 Å². The first-order valence-corrected chi connectivity index (χ1v) is 9.07. The molecule has 2 aromatic heterocycles. The topological polar surface area (TPSA) is 49.7 Å². The number of nitrogens with zero attached hydrogens (tertiary/aromatic N) is 4. The molecular formula is C20H25N5. The number of nitrogens with one attached hydrogen (secondary N) is 1. The van der Waals surface area contributed by atoms with Crippen LogP contribution in [0.5, 0.6) is 0 Å². The number of aryl methyl sites for hydroxylation is 1. The number of aromatic amines is 1. The number of hydrogen-bond acceptors (Lipinski definition) is 3. The molecule has 0 radical (unpaired) electrons. The summed E-state index contributed by atoms with van der Waals surface area (Å²) in [6.45, 7) is 8.68. The van der Waals surface area contributed by atoms with Crippen molar-refractivity contribution in [3.63, 3.8) is 0 Å². The van der Waals surface area contributed by atoms with Crippen LogP contribution in [0.25, 0.3) is 11.0 Å². The predicted octanol–water partition coefficient (Wildman–Crippen LogP) is 3.98. The fourth-order valence-corrected chi connectivity index (χ4v) is 3.78. The Labute approximate surface area is 148 Å². The predicted molar refractivity (Wildman–Crippen MR) is 100 cm³/mol. The fraction of sp³-hybridized carbons (Fsp3) is 0.400. The van der Waals surface area contributed by atoms with Gasteiger partial charge in [0.1, 0.15) is 5.82 Å². The van der Waals surface area contributed by atoms with Gasteiger partial charge in [-0.25, -0.2) is 4.98 Å². The zero-order valence-electron chi connectivity index (χ0n) is 14.8. The Morgan fingerprint density at radius 3 is 3.04 bits per heavy atom. The molecule has 0 aliphatic carbocycles. The van der Waals surface area contributed by atoms with E-state index >= 15 is 0 Å². The summed E-state index contributed by atoms with van der Waals surface area (Å²) in [6, 6.07) is 8.63. The molecule has 0 bridgehead atoms. The zero-order chi connectivity index (χ0) is 17.2. The Bertz CT molecular complexity index is 842. The first kappa shape index (κ1) is 16.1. The highest BCUT2D eigenvalue weighted by atomic mass is 15.3. The van der Waals surface area contributed by atoms with E-state index in [2.05, 4.69) is 52.9 Å². The molecule has 0 amide bonds. The number of benzene rings is 1. The minimum atomic E-state index is 0.350. The minimum Gasteiger partial charge on any atom is -0.341 e. The van der Waals surface area contributed by atoms with E-state index in [4.69, 9.17) is 4.98 Å². The quantitative estimate of drug-likeness (QED) is 0.718. The lowest BCUT2D eigenvalue weighted by atomic mass is 10.0. The van der Waals surface area contributed by atoms with Gasteiger partial charge in [-0.1, -0.05) is 24.6 Å². The number of fused-ring (bicyclic) bond motifs is 1. The number of hydrogen-bond donors (Lipinski definition) is 1. The molecule has 3 heterocycles. The number of imidazole rings is 1. The van der Waals surface area contributed by atoms with Gasteiger partial charge < -0.3 is 4.98 Å². The molecule has 1 fully saturated rings. The van der Waals surface area contributed by atoms with Crippen molar-refractivity contribution >= 4 is 11.0 Å². The van der Waals surface area contributed by atoms with Crippen LogP contribution in [-0.2, 0) is 13.1 Å². The molecule has 3 aromatic rings. The summed E-state index contributed by atoms with van der Waals surface area (Å²) in [6.07, 6.45) is 7.69. The van der Waals surface area contributed by atoms with E-state index in [-0.39, 0.29) is 0 Å². The van der Waals surface area contributed by atoms with Crippen molar-refractivity contribution < 1.29 is 0 Å². The van der Waals surface area contributed by atoms with Crippen molar-refractivity contribution in [2.24, 2.45) is 0 Å². The second kappa shape index (κ2) is 6.84. The molecule has 1 saturated heterocycles. The number of para-hydroxylation sites is 2. The summed E-state index contributed by atoms with van der Waals surface area (Å²) in [5.41, 5.74) is 4.58. The number of piperidine rings is 1. The van der Waals surface area contributed by atoms with Crippen molar-refractivity contribution in [1.29, 1.82) is 0 Å². The van der Waals surface area contributed by atoms with Crippen LogP contribution < -0.4 is 0 Å². The highest BCUT2D eigenvalue weighted by Gasteiger charge is 2.27. The number of H-pyrrole nitrogens is 1. The molecule has 0 unspecified atom stereocenters. The maximum Gasteiger partial charge on any atom is 0.124 e. The summed E-state index contributed by atoms with van der Waals surface area (Å²) in [7, 11) is 0. The molecule has 25 heavy (non-hydrogen) atoms. The first-order chi connectivity index (χ1) is 12.2. The van der Waals surface area contributed by atoms with E-state index in [9.17, 15) is 0 Å². The second-order valence-electron chi connectivity index (χ2n) is 6.87. The molecule has 5 heteroatoms. The number of rotatable bonds is 5. The maximum absolute atomic E-state index is 4.85. The van der Waals surface area contributed by atoms with E-state index < -0.39 is 0 Å². The van der Waals surface area contributed by atoms with Gasteiger partial charge in [-0.3, -0.25) is 9.58 Å². The molecule has 1 atom stereocenters. The Morgan fingerprint density at radius 2 is 2.20 bits per heavy atom. The average molecular weight is 335 g/mol. The second-order valence-corrected chi connectivity index (χ2v) is 6.87. The van der Waals surface area contributed by atoms with Gasteiger partial charge in [-0.15, -0.1) is 6.58 Å². The first-order valence-electron chi connectivity index (χ1n) is 9.07. The van der Waals surface area contributed by atoms with E-state index in [0.717, 1.165) is 48.6 Å². The minimum absolute atomic E-state index is 0.350. The van der Waals surface area contributed by atoms with Crippen molar-refractivity contribution in [2.45, 2.75) is 45.3 Å². The van der Waals surface area contributed by atoms with Gasteiger partial charge in [0.15, 0.2) is 0 Å². The summed E-state index contributed by atoms with van der Waals surface area (Å²) in [5, 5.41) is 4.59. The van der Waals surface area contributed by atoms with Crippen LogP contribution in [0.1, 0.15) is 42.4 Å². The molecule has 0 saturated carbocycles. The van der Waals surface area contributed by atoms with Gasteiger partial charge in [0, 0.05) is 18.3 Å². The Hall–Kier alpha value is -2.40. The van der Waals surface area contributed by atoms with E-state index in [1.54, 1.807) is 0 Å². The Morgan fingerprint density at radius 1 is 1.32 bits per heavy atom. The van der Waals surface area contributed by atoms with Gasteiger partial charge in [0.05, 0.1) is 29.3 Å². The molecule has 5 nitrogen and oxygen atoms in total. The molecule has 1 N–H and O–H groups in total. The number of likely N-dealkylation sites (tertiary alicyclic amines) is 1. The van der Waals surface area contributed by atoms with Crippen LogP contribution >= 0.6 is 0 Å². The third-order valence-electron chi connectivity index (χ3n) is 5.07. The van der Waals surface area contributed by atoms with Gasteiger partial charge in [0.2, 0.25) is 0 Å². The average Bonchev–Trinajstić information content (AvgIpc) is 3.19. The van der Waals surface area contributed by atoms with Crippen LogP contribution in [0.15, 0.2) is 43.1 Å². The molecule has 0 spiro atoms. The lowest BCUT2D eigenvalue weighted by Gasteiger charge is -2.34. The lowest BCUT2D eigenvalue weighted by Crippen LogP contribution is -2.33. The summed E-state index contributed by atoms with van der Waals surface area (Å²) in [4.78, 5) is 10.9.